The normalized spacial score (nSPS) is 14.6. The van der Waals surface area contributed by atoms with Crippen LogP contribution in [0.25, 0.3) is 11.3 Å². The first kappa shape index (κ1) is 12.5. The van der Waals surface area contributed by atoms with Crippen LogP contribution in [0.5, 0.6) is 5.75 Å². The minimum Gasteiger partial charge on any atom is -0.496 e. The summed E-state index contributed by atoms with van der Waals surface area (Å²) in [6.45, 7) is 0.676. The molecule has 1 aromatic carbocycles. The fourth-order valence-electron chi connectivity index (χ4n) is 1.94. The number of nitrogens with one attached hydrogen (secondary N) is 1. The highest BCUT2D eigenvalue weighted by Crippen LogP contribution is 2.34. The summed E-state index contributed by atoms with van der Waals surface area (Å²) in [6, 6.07) is 5.36. The number of rotatable bonds is 5. The van der Waals surface area contributed by atoms with Crippen molar-refractivity contribution in [2.24, 2.45) is 0 Å². The van der Waals surface area contributed by atoms with Crippen LogP contribution in [0.4, 0.5) is 4.39 Å². The summed E-state index contributed by atoms with van der Waals surface area (Å²) < 4.78 is 23.2. The van der Waals surface area contributed by atoms with Crippen LogP contribution in [-0.2, 0) is 6.54 Å². The highest BCUT2D eigenvalue weighted by atomic mass is 32.1. The first-order valence-electron chi connectivity index (χ1n) is 6.17. The Morgan fingerprint density at radius 1 is 1.47 bits per heavy atom. The smallest absolute Gasteiger partial charge is 0.136 e. The number of hydrogen-bond acceptors (Lipinski definition) is 5. The van der Waals surface area contributed by atoms with E-state index >= 15 is 0 Å². The summed E-state index contributed by atoms with van der Waals surface area (Å²) in [5.74, 6) is 0.153. The molecule has 19 heavy (non-hydrogen) atoms. The van der Waals surface area contributed by atoms with Gasteiger partial charge in [-0.2, -0.15) is 0 Å². The number of methoxy groups -OCH3 is 1. The van der Waals surface area contributed by atoms with Gasteiger partial charge in [-0.1, -0.05) is 10.6 Å². The third-order valence-electron chi connectivity index (χ3n) is 3.12. The molecule has 0 bridgehead atoms. The van der Waals surface area contributed by atoms with Gasteiger partial charge in [-0.25, -0.2) is 4.39 Å². The highest BCUT2D eigenvalue weighted by Gasteiger charge is 2.23. The van der Waals surface area contributed by atoms with Gasteiger partial charge in [0.2, 0.25) is 0 Å². The molecule has 0 amide bonds. The van der Waals surface area contributed by atoms with E-state index in [9.17, 15) is 4.39 Å². The van der Waals surface area contributed by atoms with E-state index in [4.69, 9.17) is 4.74 Å². The van der Waals surface area contributed by atoms with Gasteiger partial charge >= 0.3 is 0 Å². The number of benzene rings is 1. The number of nitrogens with zero attached hydrogens (tertiary/aromatic N) is 2. The van der Waals surface area contributed by atoms with Crippen LogP contribution in [-0.4, -0.2) is 22.7 Å². The number of ether oxygens (including phenoxy) is 1. The molecule has 4 nitrogen and oxygen atoms in total. The van der Waals surface area contributed by atoms with Gasteiger partial charge in [-0.15, -0.1) is 5.10 Å². The third-order valence-corrected chi connectivity index (χ3v) is 3.84. The zero-order valence-electron chi connectivity index (χ0n) is 10.5. The van der Waals surface area contributed by atoms with Gasteiger partial charge in [-0.3, -0.25) is 0 Å². The van der Waals surface area contributed by atoms with E-state index in [-0.39, 0.29) is 5.82 Å². The lowest BCUT2D eigenvalue weighted by Crippen LogP contribution is -2.15. The van der Waals surface area contributed by atoms with Crippen LogP contribution in [0.15, 0.2) is 18.2 Å². The van der Waals surface area contributed by atoms with Gasteiger partial charge in [0.05, 0.1) is 17.6 Å². The largest absolute Gasteiger partial charge is 0.496 e. The Hall–Kier alpha value is -1.53. The lowest BCUT2D eigenvalue weighted by atomic mass is 10.1. The van der Waals surface area contributed by atoms with Crippen molar-refractivity contribution in [1.82, 2.24) is 14.9 Å². The summed E-state index contributed by atoms with van der Waals surface area (Å²) in [4.78, 5) is 0.940. The monoisotopic (exact) mass is 279 g/mol. The van der Waals surface area contributed by atoms with Crippen molar-refractivity contribution in [3.8, 4) is 17.0 Å². The maximum Gasteiger partial charge on any atom is 0.136 e. The van der Waals surface area contributed by atoms with Gasteiger partial charge < -0.3 is 10.1 Å². The Kier molecular flexibility index (Phi) is 3.44. The molecule has 0 saturated heterocycles. The maximum atomic E-state index is 14.0. The van der Waals surface area contributed by atoms with Crippen LogP contribution < -0.4 is 10.1 Å². The van der Waals surface area contributed by atoms with Gasteiger partial charge in [0.25, 0.3) is 0 Å². The molecular formula is C13H14FN3OS. The Morgan fingerprint density at radius 2 is 2.32 bits per heavy atom. The molecule has 0 unspecified atom stereocenters. The Bertz CT molecular complexity index is 583. The van der Waals surface area contributed by atoms with Crippen LogP contribution in [0.1, 0.15) is 17.7 Å². The van der Waals surface area contributed by atoms with E-state index in [2.05, 4.69) is 14.9 Å². The van der Waals surface area contributed by atoms with Crippen LogP contribution >= 0.6 is 11.5 Å². The van der Waals surface area contributed by atoms with E-state index < -0.39 is 0 Å². The predicted octanol–water partition coefficient (Wildman–Crippen LogP) is 2.60. The third kappa shape index (κ3) is 2.59. The summed E-state index contributed by atoms with van der Waals surface area (Å²) in [7, 11) is 1.53. The van der Waals surface area contributed by atoms with Crippen molar-refractivity contribution in [2.75, 3.05) is 7.11 Å². The topological polar surface area (TPSA) is 47.0 Å². The Labute approximate surface area is 114 Å². The summed E-state index contributed by atoms with van der Waals surface area (Å²) in [5, 5.41) is 7.46. The summed E-state index contributed by atoms with van der Waals surface area (Å²) >= 11 is 1.30. The molecule has 1 aliphatic carbocycles. The van der Waals surface area contributed by atoms with Crippen molar-refractivity contribution in [1.29, 1.82) is 0 Å². The second kappa shape index (κ2) is 5.22. The number of aromatic nitrogens is 2. The fourth-order valence-corrected chi connectivity index (χ4v) is 2.54. The van der Waals surface area contributed by atoms with Crippen LogP contribution in [0, 0.1) is 5.82 Å². The quantitative estimate of drug-likeness (QED) is 0.914. The lowest BCUT2D eigenvalue weighted by Gasteiger charge is -2.08. The van der Waals surface area contributed by atoms with Gasteiger partial charge in [0, 0.05) is 12.6 Å². The molecule has 0 atom stereocenters. The van der Waals surface area contributed by atoms with E-state index in [0.29, 0.717) is 29.6 Å². The van der Waals surface area contributed by atoms with Gasteiger partial charge in [-0.05, 0) is 36.5 Å². The standard InChI is InChI=1S/C13H14FN3OS/c1-18-10-4-2-3-9(14)12(10)13-11(19-17-16-13)7-15-8-5-6-8/h2-4,8,15H,5-7H2,1H3. The minimum absolute atomic E-state index is 0.334. The van der Waals surface area contributed by atoms with E-state index in [0.717, 1.165) is 4.88 Å². The molecule has 2 aromatic rings. The molecule has 0 aliphatic heterocycles. The zero-order chi connectivity index (χ0) is 13.2. The molecule has 100 valence electrons. The van der Waals surface area contributed by atoms with Crippen molar-refractivity contribution in [2.45, 2.75) is 25.4 Å². The van der Waals surface area contributed by atoms with Gasteiger partial charge in [0.1, 0.15) is 17.3 Å². The molecule has 1 N–H and O–H groups in total. The molecule has 1 fully saturated rings. The van der Waals surface area contributed by atoms with Crippen molar-refractivity contribution in [3.63, 3.8) is 0 Å². The molecule has 1 aliphatic rings. The number of hydrogen-bond donors (Lipinski definition) is 1. The maximum absolute atomic E-state index is 14.0. The molecule has 0 spiro atoms. The van der Waals surface area contributed by atoms with Crippen molar-refractivity contribution >= 4 is 11.5 Å². The van der Waals surface area contributed by atoms with Crippen LogP contribution in [0.2, 0.25) is 0 Å². The Morgan fingerprint density at radius 3 is 3.05 bits per heavy atom. The van der Waals surface area contributed by atoms with Crippen molar-refractivity contribution < 1.29 is 9.13 Å². The second-order valence-corrected chi connectivity index (χ2v) is 5.36. The fraction of sp³-hybridized carbons (Fsp3) is 0.385. The minimum atomic E-state index is -0.334. The summed E-state index contributed by atoms with van der Waals surface area (Å²) in [6.07, 6.45) is 2.43. The van der Waals surface area contributed by atoms with E-state index in [1.165, 1.54) is 37.6 Å². The first-order valence-corrected chi connectivity index (χ1v) is 6.94. The van der Waals surface area contributed by atoms with Gasteiger partial charge in [0.15, 0.2) is 0 Å². The zero-order valence-corrected chi connectivity index (χ0v) is 11.3. The van der Waals surface area contributed by atoms with E-state index in [1.807, 2.05) is 0 Å². The molecule has 1 aromatic heterocycles. The molecule has 1 heterocycles. The molecular weight excluding hydrogens is 265 g/mol. The molecule has 0 radical (unpaired) electrons. The van der Waals surface area contributed by atoms with Crippen molar-refractivity contribution in [3.05, 3.63) is 28.9 Å². The predicted molar refractivity (Wildman–Crippen MR) is 71.7 cm³/mol. The summed E-state index contributed by atoms with van der Waals surface area (Å²) in [5.41, 5.74) is 0.972. The van der Waals surface area contributed by atoms with Crippen LogP contribution in [0.3, 0.4) is 0 Å². The average molecular weight is 279 g/mol. The van der Waals surface area contributed by atoms with E-state index in [1.54, 1.807) is 12.1 Å². The second-order valence-electron chi connectivity index (χ2n) is 4.52. The Balaban J connectivity index is 1.94. The SMILES string of the molecule is COc1cccc(F)c1-c1nnsc1CNC1CC1. The average Bonchev–Trinajstić information content (AvgIpc) is 3.14. The highest BCUT2D eigenvalue weighted by molar-refractivity contribution is 7.05. The first-order chi connectivity index (χ1) is 9.29. The molecule has 3 rings (SSSR count). The lowest BCUT2D eigenvalue weighted by molar-refractivity contribution is 0.413. The molecule has 1 saturated carbocycles. The molecule has 6 heteroatoms. The number of halogens is 1.